The second-order valence-corrected chi connectivity index (χ2v) is 6.52. The number of aromatic nitrogens is 2. The zero-order valence-corrected chi connectivity index (χ0v) is 11.2. The van der Waals surface area contributed by atoms with Crippen molar-refractivity contribution >= 4 is 17.4 Å². The Morgan fingerprint density at radius 3 is 2.67 bits per heavy atom. The molecule has 96 valence electrons. The first-order valence-electron chi connectivity index (χ1n) is 7.08. The van der Waals surface area contributed by atoms with E-state index in [9.17, 15) is 0 Å². The Balaban J connectivity index is 1.60. The summed E-state index contributed by atoms with van der Waals surface area (Å²) in [5.41, 5.74) is 1.29. The highest BCUT2D eigenvalue weighted by Gasteiger charge is 2.38. The molecular weight excluding hydrogens is 246 g/mol. The van der Waals surface area contributed by atoms with Crippen LogP contribution in [-0.4, -0.2) is 22.8 Å². The molecule has 4 heteroatoms. The van der Waals surface area contributed by atoms with Crippen molar-refractivity contribution < 1.29 is 0 Å². The number of hydrogen-bond acceptors (Lipinski definition) is 3. The van der Waals surface area contributed by atoms with Gasteiger partial charge in [-0.05, 0) is 43.6 Å². The lowest BCUT2D eigenvalue weighted by Crippen LogP contribution is -2.38. The first kappa shape index (κ1) is 11.0. The maximum atomic E-state index is 5.92. The highest BCUT2D eigenvalue weighted by molar-refractivity contribution is 6.29. The normalized spacial score (nSPS) is 33.8. The fourth-order valence-electron chi connectivity index (χ4n) is 4.25. The van der Waals surface area contributed by atoms with Crippen LogP contribution in [0.25, 0.3) is 0 Å². The Morgan fingerprint density at radius 2 is 1.89 bits per heavy atom. The van der Waals surface area contributed by atoms with E-state index in [1.54, 1.807) is 0 Å². The molecule has 3 nitrogen and oxygen atoms in total. The highest BCUT2D eigenvalue weighted by Crippen LogP contribution is 2.45. The van der Waals surface area contributed by atoms with Crippen LogP contribution in [0.5, 0.6) is 0 Å². The van der Waals surface area contributed by atoms with Crippen molar-refractivity contribution in [2.24, 2.45) is 11.8 Å². The van der Waals surface area contributed by atoms with Crippen molar-refractivity contribution in [3.8, 4) is 0 Å². The Hall–Kier alpha value is -0.830. The Kier molecular flexibility index (Phi) is 2.51. The summed E-state index contributed by atoms with van der Waals surface area (Å²) in [5, 5.41) is 8.88. The molecule has 2 heterocycles. The zero-order valence-electron chi connectivity index (χ0n) is 10.5. The SMILES string of the molecule is Clc1cc2c(nn1)N([C@H]1CC3CC[C@@H](C3)C1)CC2. The summed E-state index contributed by atoms with van der Waals surface area (Å²) in [6, 6.07) is 2.69. The smallest absolute Gasteiger partial charge is 0.154 e. The molecule has 0 radical (unpaired) electrons. The van der Waals surface area contributed by atoms with E-state index in [-0.39, 0.29) is 0 Å². The van der Waals surface area contributed by atoms with Crippen LogP contribution in [-0.2, 0) is 6.42 Å². The van der Waals surface area contributed by atoms with E-state index in [4.69, 9.17) is 11.6 Å². The summed E-state index contributed by atoms with van der Waals surface area (Å²) < 4.78 is 0. The second kappa shape index (κ2) is 4.09. The van der Waals surface area contributed by atoms with Crippen LogP contribution < -0.4 is 4.90 Å². The van der Waals surface area contributed by atoms with Gasteiger partial charge in [0, 0.05) is 18.2 Å². The van der Waals surface area contributed by atoms with E-state index in [0.29, 0.717) is 11.2 Å². The summed E-state index contributed by atoms with van der Waals surface area (Å²) in [5.74, 6) is 3.04. The van der Waals surface area contributed by atoms with E-state index in [2.05, 4.69) is 15.1 Å². The topological polar surface area (TPSA) is 29.0 Å². The number of rotatable bonds is 1. The van der Waals surface area contributed by atoms with Gasteiger partial charge in [-0.25, -0.2) is 0 Å². The van der Waals surface area contributed by atoms with Gasteiger partial charge in [-0.1, -0.05) is 24.4 Å². The van der Waals surface area contributed by atoms with Gasteiger partial charge in [0.05, 0.1) is 0 Å². The highest BCUT2D eigenvalue weighted by atomic mass is 35.5. The fourth-order valence-corrected chi connectivity index (χ4v) is 4.42. The van der Waals surface area contributed by atoms with Gasteiger partial charge in [-0.15, -0.1) is 10.2 Å². The molecule has 1 aliphatic heterocycles. The first-order chi connectivity index (χ1) is 8.79. The molecule has 1 aromatic heterocycles. The van der Waals surface area contributed by atoms with Gasteiger partial charge in [0.1, 0.15) is 0 Å². The zero-order chi connectivity index (χ0) is 12.1. The molecule has 0 amide bonds. The standard InChI is InChI=1S/C14H18ClN3/c15-13-8-11-3-4-18(14(11)17-16-13)12-6-9-1-2-10(5-9)7-12/h8-10,12H,1-7H2/t9-,10?,12+/m0/s1. The first-order valence-corrected chi connectivity index (χ1v) is 7.46. The lowest BCUT2D eigenvalue weighted by molar-refractivity contribution is 0.308. The monoisotopic (exact) mass is 263 g/mol. The summed E-state index contributed by atoms with van der Waals surface area (Å²) in [6.07, 6.45) is 8.18. The largest absolute Gasteiger partial charge is 0.352 e. The van der Waals surface area contributed by atoms with Crippen LogP contribution in [0.2, 0.25) is 5.15 Å². The van der Waals surface area contributed by atoms with Crippen LogP contribution in [0, 0.1) is 11.8 Å². The number of hydrogen-bond donors (Lipinski definition) is 0. The molecule has 2 fully saturated rings. The predicted molar refractivity (Wildman–Crippen MR) is 71.9 cm³/mol. The van der Waals surface area contributed by atoms with E-state index < -0.39 is 0 Å². The van der Waals surface area contributed by atoms with Crippen molar-refractivity contribution in [2.75, 3.05) is 11.4 Å². The van der Waals surface area contributed by atoms with Crippen LogP contribution in [0.4, 0.5) is 5.82 Å². The molecule has 2 aliphatic carbocycles. The lowest BCUT2D eigenvalue weighted by atomic mass is 9.85. The van der Waals surface area contributed by atoms with Gasteiger partial charge in [0.15, 0.2) is 11.0 Å². The minimum absolute atomic E-state index is 0.527. The van der Waals surface area contributed by atoms with Crippen molar-refractivity contribution in [2.45, 2.75) is 44.6 Å². The molecule has 2 saturated carbocycles. The van der Waals surface area contributed by atoms with Gasteiger partial charge in [0.25, 0.3) is 0 Å². The van der Waals surface area contributed by atoms with Crippen molar-refractivity contribution in [3.63, 3.8) is 0 Å². The average Bonchev–Trinajstić information content (AvgIpc) is 2.92. The van der Waals surface area contributed by atoms with Crippen LogP contribution in [0.3, 0.4) is 0 Å². The second-order valence-electron chi connectivity index (χ2n) is 6.13. The summed E-state index contributed by atoms with van der Waals surface area (Å²) in [7, 11) is 0. The lowest BCUT2D eigenvalue weighted by Gasteiger charge is -2.35. The summed E-state index contributed by atoms with van der Waals surface area (Å²) in [6.45, 7) is 1.11. The van der Waals surface area contributed by atoms with Crippen molar-refractivity contribution in [1.29, 1.82) is 0 Å². The van der Waals surface area contributed by atoms with Gasteiger partial charge in [-0.2, -0.15) is 0 Å². The van der Waals surface area contributed by atoms with E-state index in [1.807, 2.05) is 6.07 Å². The Bertz CT molecular complexity index is 464. The van der Waals surface area contributed by atoms with E-state index >= 15 is 0 Å². The fraction of sp³-hybridized carbons (Fsp3) is 0.714. The van der Waals surface area contributed by atoms with E-state index in [0.717, 1.165) is 30.6 Å². The number of nitrogens with zero attached hydrogens (tertiary/aromatic N) is 3. The molecule has 1 aromatic rings. The molecule has 3 aliphatic rings. The van der Waals surface area contributed by atoms with Gasteiger partial charge in [0.2, 0.25) is 0 Å². The molecule has 18 heavy (non-hydrogen) atoms. The third-order valence-electron chi connectivity index (χ3n) is 5.02. The predicted octanol–water partition coefficient (Wildman–Crippen LogP) is 3.07. The number of anilines is 1. The molecule has 1 unspecified atom stereocenters. The third kappa shape index (κ3) is 1.71. The number of fused-ring (bicyclic) bond motifs is 3. The van der Waals surface area contributed by atoms with E-state index in [1.165, 1.54) is 37.7 Å². The molecular formula is C14H18ClN3. The van der Waals surface area contributed by atoms with Crippen molar-refractivity contribution in [3.05, 3.63) is 16.8 Å². The maximum Gasteiger partial charge on any atom is 0.154 e. The van der Waals surface area contributed by atoms with Gasteiger partial charge < -0.3 is 4.90 Å². The minimum Gasteiger partial charge on any atom is -0.352 e. The Labute approximate surface area is 113 Å². The van der Waals surface area contributed by atoms with Crippen LogP contribution in [0.1, 0.15) is 37.7 Å². The quantitative estimate of drug-likeness (QED) is 0.780. The molecule has 0 aromatic carbocycles. The molecule has 2 bridgehead atoms. The maximum absolute atomic E-state index is 5.92. The molecule has 0 spiro atoms. The number of halogens is 1. The Morgan fingerprint density at radius 1 is 1.11 bits per heavy atom. The summed E-state index contributed by atoms with van der Waals surface area (Å²) >= 11 is 5.92. The molecule has 0 N–H and O–H groups in total. The molecule has 4 rings (SSSR count). The molecule has 3 atom stereocenters. The van der Waals surface area contributed by atoms with Crippen molar-refractivity contribution in [1.82, 2.24) is 10.2 Å². The van der Waals surface area contributed by atoms with Crippen LogP contribution >= 0.6 is 11.6 Å². The van der Waals surface area contributed by atoms with Crippen LogP contribution in [0.15, 0.2) is 6.07 Å². The molecule has 0 saturated heterocycles. The van der Waals surface area contributed by atoms with Gasteiger partial charge in [-0.3, -0.25) is 0 Å². The third-order valence-corrected chi connectivity index (χ3v) is 5.20. The minimum atomic E-state index is 0.527. The summed E-state index contributed by atoms with van der Waals surface area (Å²) in [4.78, 5) is 2.50. The average molecular weight is 264 g/mol. The van der Waals surface area contributed by atoms with Gasteiger partial charge >= 0.3 is 0 Å².